The number of fused-ring (bicyclic) bond motifs is 4. The number of carbonyl (C=O) groups excluding carboxylic acids is 1. The number of aromatic amines is 1. The average molecular weight is 448 g/mol. The number of ether oxygens (including phenoxy) is 1. The Balaban J connectivity index is 1.49. The lowest BCUT2D eigenvalue weighted by molar-refractivity contribution is -0.128. The van der Waals surface area contributed by atoms with E-state index in [0.717, 1.165) is 40.8 Å². The van der Waals surface area contributed by atoms with E-state index in [1.807, 2.05) is 30.3 Å². The fraction of sp³-hybridized carbons (Fsp3) is 0.480. The van der Waals surface area contributed by atoms with Gasteiger partial charge in [-0.15, -0.1) is 0 Å². The molecule has 1 saturated carbocycles. The third-order valence-corrected chi connectivity index (χ3v) is 7.58. The molecule has 2 N–H and O–H groups in total. The summed E-state index contributed by atoms with van der Waals surface area (Å²) in [7, 11) is 0. The van der Waals surface area contributed by atoms with E-state index < -0.39 is 5.54 Å². The number of hydrogen-bond acceptors (Lipinski definition) is 6. The third-order valence-electron chi connectivity index (χ3n) is 7.58. The molecule has 1 amide bonds. The summed E-state index contributed by atoms with van der Waals surface area (Å²) in [5.74, 6) is 1.47. The number of carbonyl (C=O) groups is 1. The van der Waals surface area contributed by atoms with Gasteiger partial charge < -0.3 is 24.6 Å². The number of rotatable bonds is 2. The molecule has 1 saturated heterocycles. The molecule has 3 aromatic rings. The van der Waals surface area contributed by atoms with Gasteiger partial charge in [0.25, 0.3) is 5.91 Å². The van der Waals surface area contributed by atoms with Crippen molar-refractivity contribution in [1.29, 1.82) is 0 Å². The van der Waals surface area contributed by atoms with Gasteiger partial charge in [-0.3, -0.25) is 4.79 Å². The first-order valence-corrected chi connectivity index (χ1v) is 11.8. The Morgan fingerprint density at radius 3 is 2.88 bits per heavy atom. The van der Waals surface area contributed by atoms with Crippen LogP contribution in [0.3, 0.4) is 0 Å². The molecule has 8 heteroatoms. The minimum atomic E-state index is -0.802. The molecule has 1 aliphatic carbocycles. The molecule has 6 rings (SSSR count). The summed E-state index contributed by atoms with van der Waals surface area (Å²) >= 11 is 0. The Hall–Kier alpha value is -2.97. The molecule has 0 radical (unpaired) electrons. The number of nitrogens with one attached hydrogen (secondary N) is 1. The molecular weight excluding hydrogens is 418 g/mol. The van der Waals surface area contributed by atoms with Crippen LogP contribution in [-0.2, 0) is 9.53 Å². The van der Waals surface area contributed by atoms with Gasteiger partial charge in [0, 0.05) is 35.2 Å². The van der Waals surface area contributed by atoms with E-state index in [9.17, 15) is 9.90 Å². The summed E-state index contributed by atoms with van der Waals surface area (Å²) in [4.78, 5) is 31.0. The highest BCUT2D eigenvalue weighted by atomic mass is 16.5. The van der Waals surface area contributed by atoms with Crippen molar-refractivity contribution in [3.8, 4) is 11.4 Å². The second kappa shape index (κ2) is 7.53. The van der Waals surface area contributed by atoms with Crippen LogP contribution in [0.5, 0.6) is 0 Å². The highest BCUT2D eigenvalue weighted by Crippen LogP contribution is 2.44. The first-order chi connectivity index (χ1) is 16.0. The van der Waals surface area contributed by atoms with Gasteiger partial charge in [-0.2, -0.15) is 0 Å². The van der Waals surface area contributed by atoms with Crippen molar-refractivity contribution in [2.24, 2.45) is 0 Å². The van der Waals surface area contributed by atoms with Crippen molar-refractivity contribution in [2.45, 2.75) is 57.2 Å². The van der Waals surface area contributed by atoms with Crippen LogP contribution in [0.1, 0.15) is 38.2 Å². The van der Waals surface area contributed by atoms with E-state index in [1.165, 1.54) is 5.56 Å². The lowest BCUT2D eigenvalue weighted by atomic mass is 9.87. The number of H-pyrrole nitrogens is 1. The normalized spacial score (nSPS) is 27.5. The summed E-state index contributed by atoms with van der Waals surface area (Å²) in [5.41, 5.74) is 3.18. The number of hydrogen-bond donors (Lipinski definition) is 2. The summed E-state index contributed by atoms with van der Waals surface area (Å²) in [5, 5.41) is 11.1. The zero-order chi connectivity index (χ0) is 22.7. The molecule has 2 fully saturated rings. The first-order valence-electron chi connectivity index (χ1n) is 11.8. The zero-order valence-corrected chi connectivity index (χ0v) is 19.0. The van der Waals surface area contributed by atoms with E-state index in [0.29, 0.717) is 38.4 Å². The lowest BCUT2D eigenvalue weighted by Gasteiger charge is -2.52. The second-order valence-electron chi connectivity index (χ2n) is 9.72. The van der Waals surface area contributed by atoms with E-state index in [1.54, 1.807) is 0 Å². The lowest BCUT2D eigenvalue weighted by Crippen LogP contribution is -2.68. The molecule has 1 aromatic carbocycles. The largest absolute Gasteiger partial charge is 0.393 e. The van der Waals surface area contributed by atoms with Gasteiger partial charge in [0.05, 0.1) is 25.5 Å². The van der Waals surface area contributed by atoms with Crippen molar-refractivity contribution in [2.75, 3.05) is 29.6 Å². The number of benzene rings is 1. The Bertz CT molecular complexity index is 1230. The summed E-state index contributed by atoms with van der Waals surface area (Å²) in [6, 6.07) is 6.24. The number of para-hydroxylation sites is 1. The van der Waals surface area contributed by atoms with E-state index in [2.05, 4.69) is 28.9 Å². The molecule has 33 heavy (non-hydrogen) atoms. The monoisotopic (exact) mass is 447 g/mol. The third kappa shape index (κ3) is 3.08. The number of nitrogens with zero attached hydrogens (tertiary/aromatic N) is 4. The van der Waals surface area contributed by atoms with Gasteiger partial charge in [0.2, 0.25) is 0 Å². The van der Waals surface area contributed by atoms with Crippen LogP contribution in [0.2, 0.25) is 0 Å². The van der Waals surface area contributed by atoms with Crippen LogP contribution < -0.4 is 9.80 Å². The second-order valence-corrected chi connectivity index (χ2v) is 9.72. The Kier molecular flexibility index (Phi) is 4.71. The van der Waals surface area contributed by atoms with Gasteiger partial charge in [0.1, 0.15) is 11.2 Å². The fourth-order valence-corrected chi connectivity index (χ4v) is 5.67. The Labute approximate surface area is 192 Å². The van der Waals surface area contributed by atoms with Crippen LogP contribution in [0, 0.1) is 6.92 Å². The minimum Gasteiger partial charge on any atom is -0.393 e. The van der Waals surface area contributed by atoms with Crippen LogP contribution in [-0.4, -0.2) is 63.4 Å². The quantitative estimate of drug-likeness (QED) is 0.627. The molecule has 2 aromatic heterocycles. The molecule has 2 aliphatic heterocycles. The van der Waals surface area contributed by atoms with Gasteiger partial charge >= 0.3 is 0 Å². The smallest absolute Gasteiger partial charge is 0.255 e. The molecule has 0 unspecified atom stereocenters. The van der Waals surface area contributed by atoms with E-state index in [4.69, 9.17) is 14.7 Å². The molecule has 8 nitrogen and oxygen atoms in total. The molecule has 0 spiro atoms. The Morgan fingerprint density at radius 1 is 1.24 bits per heavy atom. The zero-order valence-electron chi connectivity index (χ0n) is 19.0. The number of amides is 1. The summed E-state index contributed by atoms with van der Waals surface area (Å²) in [6.45, 7) is 5.54. The van der Waals surface area contributed by atoms with E-state index >= 15 is 0 Å². The Morgan fingerprint density at radius 2 is 2.06 bits per heavy atom. The van der Waals surface area contributed by atoms with Crippen LogP contribution >= 0.6 is 0 Å². The number of aryl methyl sites for hydroxylation is 1. The van der Waals surface area contributed by atoms with Gasteiger partial charge in [0.15, 0.2) is 11.6 Å². The highest BCUT2D eigenvalue weighted by molar-refractivity contribution is 6.08. The molecule has 0 bridgehead atoms. The van der Waals surface area contributed by atoms with Gasteiger partial charge in [-0.1, -0.05) is 18.2 Å². The SMILES string of the molecule is Cc1cccc2c(-c3ncc4c(n3)N3CCOC[C@@]3(C)C(=O)N4C3CCC(O)CC3)c[nH]c12. The molecule has 4 heterocycles. The van der Waals surface area contributed by atoms with Crippen LogP contribution in [0.25, 0.3) is 22.3 Å². The summed E-state index contributed by atoms with van der Waals surface area (Å²) < 4.78 is 5.78. The molecule has 172 valence electrons. The minimum absolute atomic E-state index is 0.0331. The number of aliphatic hydroxyl groups is 1. The van der Waals surface area contributed by atoms with Gasteiger partial charge in [-0.25, -0.2) is 9.97 Å². The standard InChI is InChI=1S/C25H29N5O3/c1-15-4-3-5-18-19(12-26-21(15)18)22-27-13-20-23(28-22)29-10-11-33-14-25(29,2)24(32)30(20)16-6-8-17(31)9-7-16/h3-5,12-13,16-17,26,31H,6-11,14H2,1-2H3/t16?,17?,25-/m0/s1. The topological polar surface area (TPSA) is 94.6 Å². The van der Waals surface area contributed by atoms with Crippen molar-refractivity contribution in [3.63, 3.8) is 0 Å². The first kappa shape index (κ1) is 20.6. The predicted octanol–water partition coefficient (Wildman–Crippen LogP) is 3.18. The van der Waals surface area contributed by atoms with Crippen LogP contribution in [0.4, 0.5) is 11.5 Å². The van der Waals surface area contributed by atoms with Crippen molar-refractivity contribution >= 4 is 28.3 Å². The maximum Gasteiger partial charge on any atom is 0.255 e. The predicted molar refractivity (Wildman–Crippen MR) is 126 cm³/mol. The molecular formula is C25H29N5O3. The maximum atomic E-state index is 13.8. The fourth-order valence-electron chi connectivity index (χ4n) is 5.67. The van der Waals surface area contributed by atoms with Crippen molar-refractivity contribution < 1.29 is 14.6 Å². The molecule has 1 atom stereocenters. The number of aromatic nitrogens is 3. The van der Waals surface area contributed by atoms with Gasteiger partial charge in [-0.05, 0) is 45.1 Å². The molecule has 3 aliphatic rings. The van der Waals surface area contributed by atoms with Crippen LogP contribution in [0.15, 0.2) is 30.6 Å². The average Bonchev–Trinajstić information content (AvgIpc) is 3.26. The number of anilines is 2. The summed E-state index contributed by atoms with van der Waals surface area (Å²) in [6.07, 6.45) is 6.44. The maximum absolute atomic E-state index is 13.8. The number of aliphatic hydroxyl groups excluding tert-OH is 1. The number of morpholine rings is 1. The van der Waals surface area contributed by atoms with Crippen molar-refractivity contribution in [3.05, 3.63) is 36.2 Å². The van der Waals surface area contributed by atoms with E-state index in [-0.39, 0.29) is 18.1 Å². The van der Waals surface area contributed by atoms with Crippen molar-refractivity contribution in [1.82, 2.24) is 15.0 Å². The highest BCUT2D eigenvalue weighted by Gasteiger charge is 2.52.